The molecule has 3 heterocycles. The molecule has 0 aliphatic carbocycles. The van der Waals surface area contributed by atoms with E-state index >= 15 is 0 Å². The van der Waals surface area contributed by atoms with Crippen LogP contribution in [0.3, 0.4) is 0 Å². The zero-order valence-corrected chi connectivity index (χ0v) is 10.7. The largest absolute Gasteiger partial charge is 0.334 e. The molecule has 0 fully saturated rings. The molecule has 0 spiro atoms. The Balaban J connectivity index is 2.11. The quantitative estimate of drug-likeness (QED) is 0.556. The molecule has 0 amide bonds. The number of benzene rings is 1. The Morgan fingerprint density at radius 2 is 1.95 bits per heavy atom. The van der Waals surface area contributed by atoms with Gasteiger partial charge in [0.05, 0.1) is 6.33 Å². The lowest BCUT2D eigenvalue weighted by atomic mass is 10.2. The molecule has 7 nitrogen and oxygen atoms in total. The second-order valence-corrected chi connectivity index (χ2v) is 4.68. The van der Waals surface area contributed by atoms with Crippen molar-refractivity contribution in [3.8, 4) is 11.4 Å². The molecule has 4 aromatic rings. The van der Waals surface area contributed by atoms with Gasteiger partial charge in [0, 0.05) is 10.6 Å². The number of nitrogens with one attached hydrogen (secondary N) is 2. The van der Waals surface area contributed by atoms with E-state index in [4.69, 9.17) is 11.6 Å². The first-order chi connectivity index (χ1) is 9.74. The van der Waals surface area contributed by atoms with Gasteiger partial charge < -0.3 is 4.98 Å². The van der Waals surface area contributed by atoms with Gasteiger partial charge in [-0.1, -0.05) is 11.6 Å². The van der Waals surface area contributed by atoms with Crippen molar-refractivity contribution in [1.82, 2.24) is 29.5 Å². The molecule has 98 valence electrons. The topological polar surface area (TPSA) is 91.7 Å². The molecule has 1 aromatic carbocycles. The van der Waals surface area contributed by atoms with Crippen molar-refractivity contribution < 1.29 is 0 Å². The van der Waals surface area contributed by atoms with Crippen molar-refractivity contribution in [2.75, 3.05) is 0 Å². The smallest absolute Gasteiger partial charge is 0.331 e. The van der Waals surface area contributed by atoms with E-state index in [1.807, 2.05) is 0 Å². The summed E-state index contributed by atoms with van der Waals surface area (Å²) in [6, 6.07) is 7.04. The van der Waals surface area contributed by atoms with Gasteiger partial charge in [0.2, 0.25) is 0 Å². The van der Waals surface area contributed by atoms with Crippen molar-refractivity contribution in [1.29, 1.82) is 0 Å². The van der Waals surface area contributed by atoms with Crippen molar-refractivity contribution in [3.05, 3.63) is 46.1 Å². The summed E-state index contributed by atoms with van der Waals surface area (Å²) < 4.78 is 1.40. The van der Waals surface area contributed by atoms with Crippen LogP contribution in [0.2, 0.25) is 5.02 Å². The van der Waals surface area contributed by atoms with Gasteiger partial charge in [-0.2, -0.15) is 0 Å². The third-order valence-corrected chi connectivity index (χ3v) is 3.30. The number of imidazole rings is 1. The van der Waals surface area contributed by atoms with Gasteiger partial charge in [0.1, 0.15) is 5.65 Å². The van der Waals surface area contributed by atoms with Gasteiger partial charge in [-0.3, -0.25) is 4.98 Å². The first kappa shape index (κ1) is 11.2. The van der Waals surface area contributed by atoms with Crippen molar-refractivity contribution in [2.45, 2.75) is 0 Å². The number of hydrogen-bond acceptors (Lipinski definition) is 4. The average molecular weight is 287 g/mol. The molecule has 3 aromatic heterocycles. The molecule has 8 heteroatoms. The van der Waals surface area contributed by atoms with E-state index in [0.717, 1.165) is 5.56 Å². The second-order valence-electron chi connectivity index (χ2n) is 4.25. The fraction of sp³-hybridized carbons (Fsp3) is 0. The summed E-state index contributed by atoms with van der Waals surface area (Å²) in [5.74, 6) is 0.447. The van der Waals surface area contributed by atoms with E-state index < -0.39 is 0 Å². The Morgan fingerprint density at radius 1 is 1.15 bits per heavy atom. The van der Waals surface area contributed by atoms with Crippen LogP contribution in [0.15, 0.2) is 35.4 Å². The van der Waals surface area contributed by atoms with Gasteiger partial charge in [-0.25, -0.2) is 14.2 Å². The number of hydrogen-bond donors (Lipinski definition) is 2. The standard InChI is InChI=1S/C12H7ClN6O/c13-7-3-1-6(2-4-7)10-17-18-11-8-9(15-5-14-8)16-12(20)19(10)11/h1-5H,(H,14,15)(H,16,20). The Labute approximate surface area is 116 Å². The van der Waals surface area contributed by atoms with Gasteiger partial charge in [0.25, 0.3) is 0 Å². The number of aromatic amines is 2. The van der Waals surface area contributed by atoms with Crippen LogP contribution in [0.5, 0.6) is 0 Å². The summed E-state index contributed by atoms with van der Waals surface area (Å²) in [4.78, 5) is 21.9. The minimum atomic E-state index is -0.327. The average Bonchev–Trinajstić information content (AvgIpc) is 3.05. The SMILES string of the molecule is O=c1[nH]c2[nH]cnc2c2nnc(-c3ccc(Cl)cc3)n12. The Hall–Kier alpha value is -2.67. The number of H-pyrrole nitrogens is 2. The van der Waals surface area contributed by atoms with E-state index in [1.165, 1.54) is 10.7 Å². The molecule has 0 atom stereocenters. The molecule has 0 aliphatic heterocycles. The molecular formula is C12H7ClN6O. The number of fused-ring (bicyclic) bond motifs is 3. The van der Waals surface area contributed by atoms with Gasteiger partial charge in [0.15, 0.2) is 17.0 Å². The first-order valence-electron chi connectivity index (χ1n) is 5.80. The highest BCUT2D eigenvalue weighted by Gasteiger charge is 2.15. The predicted molar refractivity (Wildman–Crippen MR) is 73.7 cm³/mol. The lowest BCUT2D eigenvalue weighted by Gasteiger charge is -1.99. The maximum atomic E-state index is 12.2. The molecule has 0 saturated carbocycles. The van der Waals surface area contributed by atoms with E-state index in [9.17, 15) is 4.79 Å². The maximum Gasteiger partial charge on any atom is 0.334 e. The summed E-state index contributed by atoms with van der Waals surface area (Å²) in [7, 11) is 0. The third kappa shape index (κ3) is 1.47. The van der Waals surface area contributed by atoms with E-state index in [-0.39, 0.29) is 5.69 Å². The fourth-order valence-corrected chi connectivity index (χ4v) is 2.26. The number of rotatable bonds is 1. The summed E-state index contributed by atoms with van der Waals surface area (Å²) in [5.41, 5.74) is 1.93. The van der Waals surface area contributed by atoms with Crippen LogP contribution in [0.4, 0.5) is 0 Å². The first-order valence-corrected chi connectivity index (χ1v) is 6.18. The van der Waals surface area contributed by atoms with Crippen LogP contribution in [0.1, 0.15) is 0 Å². The lowest BCUT2D eigenvalue weighted by molar-refractivity contribution is 1.02. The molecule has 2 N–H and O–H groups in total. The molecule has 0 bridgehead atoms. The molecule has 4 rings (SSSR count). The summed E-state index contributed by atoms with van der Waals surface area (Å²) in [6.07, 6.45) is 1.50. The van der Waals surface area contributed by atoms with E-state index in [2.05, 4.69) is 25.1 Å². The summed E-state index contributed by atoms with van der Waals surface area (Å²) in [5, 5.41) is 8.75. The zero-order chi connectivity index (χ0) is 13.7. The molecule has 0 unspecified atom stereocenters. The zero-order valence-electron chi connectivity index (χ0n) is 9.96. The molecule has 20 heavy (non-hydrogen) atoms. The minimum absolute atomic E-state index is 0.327. The van der Waals surface area contributed by atoms with Gasteiger partial charge >= 0.3 is 5.69 Å². The van der Waals surface area contributed by atoms with E-state index in [1.54, 1.807) is 24.3 Å². The van der Waals surface area contributed by atoms with Crippen LogP contribution in [-0.4, -0.2) is 29.5 Å². The minimum Gasteiger partial charge on any atom is -0.331 e. The predicted octanol–water partition coefficient (Wildman–Crippen LogP) is 1.61. The lowest BCUT2D eigenvalue weighted by Crippen LogP contribution is -2.17. The number of aromatic nitrogens is 6. The second kappa shape index (κ2) is 3.91. The molecular weight excluding hydrogens is 280 g/mol. The van der Waals surface area contributed by atoms with E-state index in [0.29, 0.717) is 27.7 Å². The highest BCUT2D eigenvalue weighted by atomic mass is 35.5. The highest BCUT2D eigenvalue weighted by Crippen LogP contribution is 2.21. The number of nitrogens with zero attached hydrogens (tertiary/aromatic N) is 4. The van der Waals surface area contributed by atoms with Crippen LogP contribution in [0.25, 0.3) is 28.2 Å². The van der Waals surface area contributed by atoms with Crippen molar-refractivity contribution in [3.63, 3.8) is 0 Å². The summed E-state index contributed by atoms with van der Waals surface area (Å²) in [6.45, 7) is 0. The summed E-state index contributed by atoms with van der Waals surface area (Å²) >= 11 is 5.86. The Kier molecular flexibility index (Phi) is 2.19. The van der Waals surface area contributed by atoms with Crippen molar-refractivity contribution >= 4 is 28.4 Å². The fourth-order valence-electron chi connectivity index (χ4n) is 2.14. The van der Waals surface area contributed by atoms with Crippen LogP contribution in [-0.2, 0) is 0 Å². The molecule has 0 aliphatic rings. The molecule has 0 radical (unpaired) electrons. The number of halogens is 1. The molecule has 0 saturated heterocycles. The maximum absolute atomic E-state index is 12.2. The van der Waals surface area contributed by atoms with Crippen LogP contribution < -0.4 is 5.69 Å². The van der Waals surface area contributed by atoms with Gasteiger partial charge in [-0.15, -0.1) is 10.2 Å². The normalized spacial score (nSPS) is 11.4. The highest BCUT2D eigenvalue weighted by molar-refractivity contribution is 6.30. The van der Waals surface area contributed by atoms with Gasteiger partial charge in [-0.05, 0) is 24.3 Å². The van der Waals surface area contributed by atoms with Crippen LogP contribution in [0, 0.1) is 0 Å². The Morgan fingerprint density at radius 3 is 2.75 bits per heavy atom. The van der Waals surface area contributed by atoms with Crippen LogP contribution >= 0.6 is 11.6 Å². The third-order valence-electron chi connectivity index (χ3n) is 3.05. The monoisotopic (exact) mass is 286 g/mol. The van der Waals surface area contributed by atoms with Crippen molar-refractivity contribution in [2.24, 2.45) is 0 Å². The Bertz CT molecular complexity index is 981.